The summed E-state index contributed by atoms with van der Waals surface area (Å²) in [6.45, 7) is 0.534. The number of nitriles is 1. The molecule has 0 aliphatic rings. The van der Waals surface area contributed by atoms with Crippen molar-refractivity contribution in [2.45, 2.75) is 13.0 Å². The van der Waals surface area contributed by atoms with Gasteiger partial charge in [-0.15, -0.1) is 0 Å². The molecule has 0 fully saturated rings. The molecule has 0 aliphatic heterocycles. The minimum absolute atomic E-state index is 0.0736. The van der Waals surface area contributed by atoms with E-state index in [1.807, 2.05) is 55.7 Å². The molecule has 2 aromatic carbocycles. The van der Waals surface area contributed by atoms with Gasteiger partial charge in [-0.3, -0.25) is 19.3 Å². The van der Waals surface area contributed by atoms with Gasteiger partial charge in [0.1, 0.15) is 5.69 Å². The second-order valence-electron chi connectivity index (χ2n) is 7.63. The highest BCUT2D eigenvalue weighted by Gasteiger charge is 2.16. The number of carbonyl (C=O) groups is 1. The third-order valence-electron chi connectivity index (χ3n) is 5.40. The number of nitrogens with one attached hydrogen (secondary N) is 1. The summed E-state index contributed by atoms with van der Waals surface area (Å²) < 4.78 is 3.57. The monoisotopic (exact) mass is 421 g/mol. The van der Waals surface area contributed by atoms with Crippen LogP contribution in [0.5, 0.6) is 0 Å². The molecule has 1 N–H and O–H groups in total. The maximum absolute atomic E-state index is 12.9. The molecule has 3 heterocycles. The largest absolute Gasteiger partial charge is 0.292 e. The van der Waals surface area contributed by atoms with Crippen molar-refractivity contribution >= 4 is 16.7 Å². The molecule has 5 rings (SSSR count). The number of aryl methyl sites for hydroxylation is 1. The average Bonchev–Trinajstić information content (AvgIpc) is 3.53. The van der Waals surface area contributed by atoms with Crippen molar-refractivity contribution in [3.8, 4) is 17.3 Å². The van der Waals surface area contributed by atoms with Gasteiger partial charge in [0.05, 0.1) is 35.6 Å². The first-order valence-electron chi connectivity index (χ1n) is 10.1. The van der Waals surface area contributed by atoms with E-state index in [1.54, 1.807) is 27.8 Å². The fourth-order valence-electron chi connectivity index (χ4n) is 3.83. The highest BCUT2D eigenvalue weighted by Crippen LogP contribution is 2.25. The standard InChI is InChI=1S/C24H19N7O/c1-30-22(7-8-26-30)19-5-6-20-21(11-19)28-29-24(20)23(32)10-18-13-27-31(15-18)14-17-4-2-3-16(9-17)12-25/h2-9,11,13,15H,10,14H2,1H3,(H,28,29). The van der Waals surface area contributed by atoms with E-state index in [-0.39, 0.29) is 12.2 Å². The molecule has 0 atom stereocenters. The Morgan fingerprint density at radius 3 is 2.84 bits per heavy atom. The topological polar surface area (TPSA) is 105 Å². The van der Waals surface area contributed by atoms with E-state index in [1.165, 1.54) is 0 Å². The Kier molecular flexibility index (Phi) is 4.84. The van der Waals surface area contributed by atoms with Crippen LogP contribution in [-0.2, 0) is 20.0 Å². The van der Waals surface area contributed by atoms with Gasteiger partial charge in [-0.1, -0.05) is 18.2 Å². The molecule has 8 heteroatoms. The number of nitrogens with zero attached hydrogens (tertiary/aromatic N) is 6. The van der Waals surface area contributed by atoms with Gasteiger partial charge in [0.25, 0.3) is 0 Å². The van der Waals surface area contributed by atoms with Crippen molar-refractivity contribution in [3.63, 3.8) is 0 Å². The number of ketones is 1. The second kappa shape index (κ2) is 7.96. The second-order valence-corrected chi connectivity index (χ2v) is 7.63. The number of carbonyl (C=O) groups excluding carboxylic acids is 1. The molecule has 0 radical (unpaired) electrons. The molecular formula is C24H19N7O. The first-order chi connectivity index (χ1) is 15.6. The number of rotatable bonds is 6. The van der Waals surface area contributed by atoms with Crippen molar-refractivity contribution in [1.82, 2.24) is 29.8 Å². The zero-order chi connectivity index (χ0) is 22.1. The molecule has 3 aromatic heterocycles. The van der Waals surface area contributed by atoms with E-state index >= 15 is 0 Å². The zero-order valence-electron chi connectivity index (χ0n) is 17.4. The number of fused-ring (bicyclic) bond motifs is 1. The van der Waals surface area contributed by atoms with Crippen LogP contribution in [0, 0.1) is 11.3 Å². The molecule has 0 amide bonds. The van der Waals surface area contributed by atoms with E-state index < -0.39 is 0 Å². The van der Waals surface area contributed by atoms with Crippen molar-refractivity contribution in [3.05, 3.63) is 89.5 Å². The minimum Gasteiger partial charge on any atom is -0.292 e. The van der Waals surface area contributed by atoms with Crippen LogP contribution >= 0.6 is 0 Å². The van der Waals surface area contributed by atoms with Crippen LogP contribution in [-0.4, -0.2) is 35.5 Å². The van der Waals surface area contributed by atoms with Gasteiger partial charge in [-0.25, -0.2) is 0 Å². The fourth-order valence-corrected chi connectivity index (χ4v) is 3.83. The van der Waals surface area contributed by atoms with E-state index in [0.29, 0.717) is 17.8 Å². The normalized spacial score (nSPS) is 11.0. The molecule has 0 aliphatic carbocycles. The van der Waals surface area contributed by atoms with Gasteiger partial charge in [0.15, 0.2) is 5.78 Å². The van der Waals surface area contributed by atoms with Crippen molar-refractivity contribution in [1.29, 1.82) is 5.26 Å². The molecular weight excluding hydrogens is 402 g/mol. The number of hydrogen-bond donors (Lipinski definition) is 1. The molecule has 0 saturated carbocycles. The first-order valence-corrected chi connectivity index (χ1v) is 10.1. The third kappa shape index (κ3) is 3.68. The number of aromatic nitrogens is 6. The van der Waals surface area contributed by atoms with E-state index in [0.717, 1.165) is 33.3 Å². The van der Waals surface area contributed by atoms with Gasteiger partial charge < -0.3 is 0 Å². The predicted molar refractivity (Wildman–Crippen MR) is 119 cm³/mol. The molecule has 0 spiro atoms. The Morgan fingerprint density at radius 2 is 2.03 bits per heavy atom. The number of Topliss-reactive ketones (excluding diaryl/α,β-unsaturated/α-hetero) is 1. The van der Waals surface area contributed by atoms with Crippen LogP contribution in [0.3, 0.4) is 0 Å². The maximum Gasteiger partial charge on any atom is 0.188 e. The quantitative estimate of drug-likeness (QED) is 0.423. The Balaban J connectivity index is 1.33. The summed E-state index contributed by atoms with van der Waals surface area (Å²) >= 11 is 0. The third-order valence-corrected chi connectivity index (χ3v) is 5.40. The summed E-state index contributed by atoms with van der Waals surface area (Å²) in [4.78, 5) is 12.9. The minimum atomic E-state index is -0.0736. The van der Waals surface area contributed by atoms with Crippen LogP contribution in [0.4, 0.5) is 0 Å². The number of aromatic amines is 1. The summed E-state index contributed by atoms with van der Waals surface area (Å²) in [6.07, 6.45) is 5.51. The maximum atomic E-state index is 12.9. The number of H-pyrrole nitrogens is 1. The summed E-state index contributed by atoms with van der Waals surface area (Å²) in [6, 6.07) is 17.3. The zero-order valence-corrected chi connectivity index (χ0v) is 17.4. The number of benzene rings is 2. The van der Waals surface area contributed by atoms with Gasteiger partial charge in [-0.05, 0) is 41.5 Å². The number of hydrogen-bond acceptors (Lipinski definition) is 5. The predicted octanol–water partition coefficient (Wildman–Crippen LogP) is 3.51. The van der Waals surface area contributed by atoms with Crippen molar-refractivity contribution < 1.29 is 4.79 Å². The lowest BCUT2D eigenvalue weighted by Crippen LogP contribution is -2.04. The Labute approximate surface area is 183 Å². The Morgan fingerprint density at radius 1 is 1.12 bits per heavy atom. The highest BCUT2D eigenvalue weighted by atomic mass is 16.1. The van der Waals surface area contributed by atoms with Crippen molar-refractivity contribution in [2.75, 3.05) is 0 Å². The molecule has 156 valence electrons. The van der Waals surface area contributed by atoms with Crippen LogP contribution in [0.25, 0.3) is 22.2 Å². The highest BCUT2D eigenvalue weighted by molar-refractivity contribution is 6.07. The summed E-state index contributed by atoms with van der Waals surface area (Å²) in [5, 5.41) is 25.7. The molecule has 8 nitrogen and oxygen atoms in total. The molecule has 32 heavy (non-hydrogen) atoms. The summed E-state index contributed by atoms with van der Waals surface area (Å²) in [7, 11) is 1.89. The van der Waals surface area contributed by atoms with Gasteiger partial charge in [0.2, 0.25) is 0 Å². The SMILES string of the molecule is Cn1nccc1-c1ccc2c(C(=O)Cc3cnn(Cc4cccc(C#N)c4)c3)n[nH]c2c1. The fraction of sp³-hybridized carbons (Fsp3) is 0.125. The average molecular weight is 421 g/mol. The lowest BCUT2D eigenvalue weighted by molar-refractivity contribution is 0.0989. The van der Waals surface area contributed by atoms with E-state index in [4.69, 9.17) is 5.26 Å². The Bertz CT molecular complexity index is 1480. The van der Waals surface area contributed by atoms with Crippen LogP contribution in [0.1, 0.15) is 27.2 Å². The summed E-state index contributed by atoms with van der Waals surface area (Å²) in [5.74, 6) is -0.0736. The van der Waals surface area contributed by atoms with Gasteiger partial charge >= 0.3 is 0 Å². The molecule has 5 aromatic rings. The smallest absolute Gasteiger partial charge is 0.188 e. The lowest BCUT2D eigenvalue weighted by atomic mass is 10.0. The van der Waals surface area contributed by atoms with Gasteiger partial charge in [-0.2, -0.15) is 20.6 Å². The van der Waals surface area contributed by atoms with Crippen molar-refractivity contribution in [2.24, 2.45) is 7.05 Å². The lowest BCUT2D eigenvalue weighted by Gasteiger charge is -2.03. The van der Waals surface area contributed by atoms with E-state index in [2.05, 4.69) is 26.5 Å². The molecule has 0 bridgehead atoms. The summed E-state index contributed by atoms with van der Waals surface area (Å²) in [5.41, 5.74) is 5.62. The molecule has 0 saturated heterocycles. The first kappa shape index (κ1) is 19.5. The van der Waals surface area contributed by atoms with Gasteiger partial charge in [0, 0.05) is 36.8 Å². The van der Waals surface area contributed by atoms with E-state index in [9.17, 15) is 4.79 Å². The van der Waals surface area contributed by atoms with Crippen LogP contribution < -0.4 is 0 Å². The van der Waals surface area contributed by atoms with Crippen LogP contribution in [0.2, 0.25) is 0 Å². The molecule has 0 unspecified atom stereocenters. The van der Waals surface area contributed by atoms with Crippen LogP contribution in [0.15, 0.2) is 67.1 Å². The Hall–Kier alpha value is -4.51.